The Morgan fingerprint density at radius 2 is 2.00 bits per heavy atom. The average molecular weight is 173 g/mol. The van der Waals surface area contributed by atoms with E-state index in [1.807, 2.05) is 0 Å². The Balaban J connectivity index is 3.33. The molecule has 0 unspecified atom stereocenters. The summed E-state index contributed by atoms with van der Waals surface area (Å²) in [5, 5.41) is 10.6. The minimum atomic E-state index is -1.000. The first kappa shape index (κ1) is 10.6. The summed E-state index contributed by atoms with van der Waals surface area (Å²) in [4.78, 5) is 30.5. The van der Waals surface area contributed by atoms with Crippen molar-refractivity contribution < 1.29 is 19.5 Å². The van der Waals surface area contributed by atoms with Gasteiger partial charge >= 0.3 is 5.97 Å². The summed E-state index contributed by atoms with van der Waals surface area (Å²) >= 11 is 0. The van der Waals surface area contributed by atoms with Gasteiger partial charge in [0.2, 0.25) is 5.91 Å². The van der Waals surface area contributed by atoms with E-state index in [9.17, 15) is 14.4 Å². The van der Waals surface area contributed by atoms with Crippen molar-refractivity contribution >= 4 is 18.2 Å². The van der Waals surface area contributed by atoms with Gasteiger partial charge in [-0.25, -0.2) is 0 Å². The van der Waals surface area contributed by atoms with E-state index in [4.69, 9.17) is 5.11 Å². The summed E-state index contributed by atoms with van der Waals surface area (Å²) in [6, 6.07) is 0. The molecule has 0 heterocycles. The van der Waals surface area contributed by atoms with Gasteiger partial charge in [0.25, 0.3) is 0 Å². The number of carbonyl (C=O) groups is 3. The van der Waals surface area contributed by atoms with E-state index in [-0.39, 0.29) is 31.7 Å². The zero-order chi connectivity index (χ0) is 9.40. The van der Waals surface area contributed by atoms with Crippen LogP contribution in [0.25, 0.3) is 0 Å². The predicted molar refractivity (Wildman–Crippen MR) is 40.6 cm³/mol. The molecule has 0 radical (unpaired) electrons. The first-order valence-electron chi connectivity index (χ1n) is 3.59. The topological polar surface area (TPSA) is 83.5 Å². The van der Waals surface area contributed by atoms with Crippen LogP contribution in [-0.2, 0) is 14.4 Å². The Hall–Kier alpha value is -1.39. The minimum Gasteiger partial charge on any atom is -0.481 e. The molecule has 0 saturated heterocycles. The van der Waals surface area contributed by atoms with E-state index in [0.29, 0.717) is 6.29 Å². The highest BCUT2D eigenvalue weighted by Gasteiger charge is 2.03. The highest BCUT2D eigenvalue weighted by molar-refractivity contribution is 5.80. The molecule has 0 aliphatic carbocycles. The second-order valence-corrected chi connectivity index (χ2v) is 2.20. The van der Waals surface area contributed by atoms with Gasteiger partial charge in [-0.1, -0.05) is 0 Å². The summed E-state index contributed by atoms with van der Waals surface area (Å²) in [7, 11) is 0. The van der Waals surface area contributed by atoms with Crippen LogP contribution >= 0.6 is 0 Å². The van der Waals surface area contributed by atoms with Gasteiger partial charge in [0.05, 0.1) is 6.42 Å². The molecular weight excluding hydrogens is 162 g/mol. The zero-order valence-corrected chi connectivity index (χ0v) is 6.58. The number of rotatable bonds is 6. The Kier molecular flexibility index (Phi) is 5.60. The van der Waals surface area contributed by atoms with Gasteiger partial charge in [0, 0.05) is 19.4 Å². The van der Waals surface area contributed by atoms with Crippen LogP contribution in [0.5, 0.6) is 0 Å². The lowest BCUT2D eigenvalue weighted by Gasteiger charge is -1.99. The molecule has 0 aromatic heterocycles. The monoisotopic (exact) mass is 173 g/mol. The predicted octanol–water partition coefficient (Wildman–Crippen LogP) is -0.444. The Labute approximate surface area is 69.8 Å². The van der Waals surface area contributed by atoms with Crippen molar-refractivity contribution in [2.75, 3.05) is 6.54 Å². The molecular formula is C7H11NO4. The highest BCUT2D eigenvalue weighted by Crippen LogP contribution is 1.87. The van der Waals surface area contributed by atoms with Crippen molar-refractivity contribution in [3.63, 3.8) is 0 Å². The quantitative estimate of drug-likeness (QED) is 0.421. The van der Waals surface area contributed by atoms with Crippen LogP contribution in [0.1, 0.15) is 19.3 Å². The molecule has 0 bridgehead atoms. The fourth-order valence-corrected chi connectivity index (χ4v) is 0.579. The number of carbonyl (C=O) groups excluding carboxylic acids is 2. The fraction of sp³-hybridized carbons (Fsp3) is 0.571. The highest BCUT2D eigenvalue weighted by atomic mass is 16.4. The molecule has 0 spiro atoms. The van der Waals surface area contributed by atoms with Crippen molar-refractivity contribution in [2.24, 2.45) is 0 Å². The van der Waals surface area contributed by atoms with Gasteiger partial charge in [-0.15, -0.1) is 0 Å². The van der Waals surface area contributed by atoms with E-state index >= 15 is 0 Å². The number of hydrogen-bond acceptors (Lipinski definition) is 3. The van der Waals surface area contributed by atoms with Gasteiger partial charge in [-0.05, 0) is 0 Å². The van der Waals surface area contributed by atoms with E-state index in [0.717, 1.165) is 0 Å². The van der Waals surface area contributed by atoms with Crippen LogP contribution in [0.2, 0.25) is 0 Å². The first-order valence-corrected chi connectivity index (χ1v) is 3.59. The number of aldehydes is 1. The summed E-state index contributed by atoms with van der Waals surface area (Å²) in [5.74, 6) is -1.33. The lowest BCUT2D eigenvalue weighted by molar-refractivity contribution is -0.138. The minimum absolute atomic E-state index is 0.0335. The molecule has 0 aromatic carbocycles. The number of nitrogens with one attached hydrogen (secondary N) is 1. The van der Waals surface area contributed by atoms with Crippen LogP contribution in [0, 0.1) is 0 Å². The van der Waals surface area contributed by atoms with Crippen LogP contribution in [0.15, 0.2) is 0 Å². The lowest BCUT2D eigenvalue weighted by atomic mass is 10.3. The number of hydrogen-bond donors (Lipinski definition) is 2. The van der Waals surface area contributed by atoms with E-state index in [2.05, 4.69) is 5.32 Å². The molecule has 0 aliphatic rings. The third-order valence-corrected chi connectivity index (χ3v) is 1.15. The van der Waals surface area contributed by atoms with Gasteiger partial charge in [0.1, 0.15) is 6.29 Å². The maximum atomic E-state index is 10.7. The Bertz CT molecular complexity index is 178. The molecule has 12 heavy (non-hydrogen) atoms. The molecule has 0 fully saturated rings. The molecule has 2 N–H and O–H groups in total. The molecule has 0 aromatic rings. The maximum absolute atomic E-state index is 10.7. The average Bonchev–Trinajstić information content (AvgIpc) is 2.01. The molecule has 5 nitrogen and oxygen atoms in total. The maximum Gasteiger partial charge on any atom is 0.303 e. The van der Waals surface area contributed by atoms with Crippen molar-refractivity contribution in [1.82, 2.24) is 5.32 Å². The Morgan fingerprint density at radius 3 is 2.50 bits per heavy atom. The molecule has 5 heteroatoms. The lowest BCUT2D eigenvalue weighted by Crippen LogP contribution is -2.24. The van der Waals surface area contributed by atoms with E-state index in [1.54, 1.807) is 0 Å². The second kappa shape index (κ2) is 6.33. The van der Waals surface area contributed by atoms with Crippen LogP contribution < -0.4 is 5.32 Å². The first-order chi connectivity index (χ1) is 5.66. The largest absolute Gasteiger partial charge is 0.481 e. The van der Waals surface area contributed by atoms with E-state index < -0.39 is 5.97 Å². The summed E-state index contributed by atoms with van der Waals surface area (Å²) in [6.45, 7) is 0.280. The summed E-state index contributed by atoms with van der Waals surface area (Å²) < 4.78 is 0. The molecule has 0 atom stereocenters. The van der Waals surface area contributed by atoms with Gasteiger partial charge in [-0.2, -0.15) is 0 Å². The van der Waals surface area contributed by atoms with E-state index in [1.165, 1.54) is 0 Å². The normalized spacial score (nSPS) is 9.00. The summed E-state index contributed by atoms with van der Waals surface area (Å²) in [6.07, 6.45) is 0.747. The number of carboxylic acids is 1. The van der Waals surface area contributed by atoms with Crippen molar-refractivity contribution in [3.05, 3.63) is 0 Å². The van der Waals surface area contributed by atoms with Crippen molar-refractivity contribution in [1.29, 1.82) is 0 Å². The molecule has 1 amide bonds. The number of aliphatic carboxylic acids is 1. The van der Waals surface area contributed by atoms with Gasteiger partial charge in [0.15, 0.2) is 0 Å². The fourth-order valence-electron chi connectivity index (χ4n) is 0.579. The second-order valence-electron chi connectivity index (χ2n) is 2.20. The number of amides is 1. The molecule has 0 saturated carbocycles. The van der Waals surface area contributed by atoms with Crippen molar-refractivity contribution in [2.45, 2.75) is 19.3 Å². The third kappa shape index (κ3) is 6.73. The Morgan fingerprint density at radius 1 is 1.33 bits per heavy atom. The SMILES string of the molecule is O=CCCNC(=O)CCC(=O)O. The zero-order valence-electron chi connectivity index (χ0n) is 6.58. The standard InChI is InChI=1S/C7H11NO4/c9-5-1-4-8-6(10)2-3-7(11)12/h5H,1-4H2,(H,8,10)(H,11,12). The smallest absolute Gasteiger partial charge is 0.303 e. The molecule has 68 valence electrons. The van der Waals surface area contributed by atoms with Gasteiger partial charge in [-0.3, -0.25) is 9.59 Å². The summed E-state index contributed by atoms with van der Waals surface area (Å²) in [5.41, 5.74) is 0. The van der Waals surface area contributed by atoms with Crippen LogP contribution in [0.4, 0.5) is 0 Å². The molecule has 0 rings (SSSR count). The van der Waals surface area contributed by atoms with Crippen molar-refractivity contribution in [3.8, 4) is 0 Å². The third-order valence-electron chi connectivity index (χ3n) is 1.15. The van der Waals surface area contributed by atoms with Crippen LogP contribution in [0.3, 0.4) is 0 Å². The number of carboxylic acid groups (broad SMARTS) is 1. The molecule has 0 aliphatic heterocycles. The van der Waals surface area contributed by atoms with Crippen LogP contribution in [-0.4, -0.2) is 29.8 Å². The van der Waals surface area contributed by atoms with Gasteiger partial charge < -0.3 is 15.2 Å².